The van der Waals surface area contributed by atoms with Gasteiger partial charge in [0.2, 0.25) is 10.0 Å². The third-order valence-corrected chi connectivity index (χ3v) is 6.47. The fraction of sp³-hybridized carbons (Fsp3) is 0.400. The Hall–Kier alpha value is -1.80. The van der Waals surface area contributed by atoms with E-state index >= 15 is 0 Å². The van der Waals surface area contributed by atoms with Crippen molar-refractivity contribution in [3.63, 3.8) is 0 Å². The molecule has 1 aliphatic heterocycles. The smallest absolute Gasteiger partial charge is 0.240 e. The van der Waals surface area contributed by atoms with Crippen LogP contribution in [0.15, 0.2) is 53.4 Å². The van der Waals surface area contributed by atoms with Crippen LogP contribution in [0, 0.1) is 12.7 Å². The van der Waals surface area contributed by atoms with Gasteiger partial charge in [-0.1, -0.05) is 29.8 Å². The fourth-order valence-electron chi connectivity index (χ4n) is 3.27. The first-order chi connectivity index (χ1) is 12.8. The zero-order valence-corrected chi connectivity index (χ0v) is 16.5. The highest BCUT2D eigenvalue weighted by atomic mass is 32.2. The fourth-order valence-corrected chi connectivity index (χ4v) is 4.30. The molecule has 0 bridgehead atoms. The summed E-state index contributed by atoms with van der Waals surface area (Å²) in [5.41, 5.74) is 1.92. The number of halogens is 1. The summed E-state index contributed by atoms with van der Waals surface area (Å²) in [6, 6.07) is 13.0. The molecule has 1 heterocycles. The second-order valence-corrected chi connectivity index (χ2v) is 8.84. The number of nitrogens with zero attached hydrogens (tertiary/aromatic N) is 2. The van der Waals surface area contributed by atoms with Gasteiger partial charge >= 0.3 is 0 Å². The molecule has 0 spiro atoms. The summed E-state index contributed by atoms with van der Waals surface area (Å²) in [4.78, 5) is 4.75. The van der Waals surface area contributed by atoms with Crippen LogP contribution in [0.4, 0.5) is 4.39 Å². The predicted octanol–water partition coefficient (Wildman–Crippen LogP) is 2.40. The van der Waals surface area contributed by atoms with E-state index in [-0.39, 0.29) is 23.3 Å². The standard InChI is InChI=1S/C20H26FN3O2S/c1-16-3-9-19(10-4-16)27(25,26)22-15-20(17-5-7-18(21)8-6-17)24-13-11-23(2)12-14-24/h3-10,20,22H,11-15H2,1-2H3/t20-/m0/s1. The van der Waals surface area contributed by atoms with Crippen molar-refractivity contribution in [2.75, 3.05) is 39.8 Å². The van der Waals surface area contributed by atoms with E-state index in [4.69, 9.17) is 0 Å². The molecule has 2 aromatic rings. The van der Waals surface area contributed by atoms with Gasteiger partial charge in [0.25, 0.3) is 0 Å². The second-order valence-electron chi connectivity index (χ2n) is 7.07. The zero-order valence-electron chi connectivity index (χ0n) is 15.7. The first kappa shape index (κ1) is 19.9. The Morgan fingerprint density at radius 1 is 1.00 bits per heavy atom. The van der Waals surface area contributed by atoms with Crippen molar-refractivity contribution >= 4 is 10.0 Å². The molecule has 146 valence electrons. The maximum Gasteiger partial charge on any atom is 0.240 e. The number of aryl methyl sites for hydroxylation is 1. The van der Waals surface area contributed by atoms with E-state index in [9.17, 15) is 12.8 Å². The average Bonchev–Trinajstić information content (AvgIpc) is 2.65. The zero-order chi connectivity index (χ0) is 19.4. The Morgan fingerprint density at radius 3 is 2.19 bits per heavy atom. The topological polar surface area (TPSA) is 52.7 Å². The molecule has 5 nitrogen and oxygen atoms in total. The maximum atomic E-state index is 13.3. The van der Waals surface area contributed by atoms with Gasteiger partial charge in [0.05, 0.1) is 4.90 Å². The van der Waals surface area contributed by atoms with E-state index in [2.05, 4.69) is 21.6 Å². The van der Waals surface area contributed by atoms with Crippen LogP contribution in [0.5, 0.6) is 0 Å². The average molecular weight is 392 g/mol. The van der Waals surface area contributed by atoms with Gasteiger partial charge in [-0.15, -0.1) is 0 Å². The van der Waals surface area contributed by atoms with Crippen LogP contribution in [0.2, 0.25) is 0 Å². The number of rotatable bonds is 6. The molecule has 7 heteroatoms. The molecule has 27 heavy (non-hydrogen) atoms. The Bertz CT molecular complexity index is 846. The summed E-state index contributed by atoms with van der Waals surface area (Å²) < 4.78 is 41.4. The molecule has 3 rings (SSSR count). The normalized spacial score (nSPS) is 17.7. The molecule has 1 atom stereocenters. The quantitative estimate of drug-likeness (QED) is 0.822. The van der Waals surface area contributed by atoms with Gasteiger partial charge in [0, 0.05) is 38.8 Å². The molecule has 1 saturated heterocycles. The first-order valence-electron chi connectivity index (χ1n) is 9.09. The van der Waals surface area contributed by atoms with Gasteiger partial charge in [-0.2, -0.15) is 0 Å². The molecule has 0 aliphatic carbocycles. The van der Waals surface area contributed by atoms with Crippen LogP contribution in [0.25, 0.3) is 0 Å². The third-order valence-electron chi connectivity index (χ3n) is 5.03. The van der Waals surface area contributed by atoms with E-state index in [0.717, 1.165) is 37.3 Å². The van der Waals surface area contributed by atoms with Crippen LogP contribution in [-0.2, 0) is 10.0 Å². The van der Waals surface area contributed by atoms with Gasteiger partial charge in [-0.3, -0.25) is 4.90 Å². The summed E-state index contributed by atoms with van der Waals surface area (Å²) in [5, 5.41) is 0. The number of benzene rings is 2. The minimum Gasteiger partial charge on any atom is -0.304 e. The molecule has 0 amide bonds. The van der Waals surface area contributed by atoms with E-state index < -0.39 is 10.0 Å². The maximum absolute atomic E-state index is 13.3. The van der Waals surface area contributed by atoms with E-state index in [1.165, 1.54) is 12.1 Å². The Morgan fingerprint density at radius 2 is 1.59 bits per heavy atom. The van der Waals surface area contributed by atoms with Crippen LogP contribution in [0.1, 0.15) is 17.2 Å². The van der Waals surface area contributed by atoms with E-state index in [1.54, 1.807) is 36.4 Å². The van der Waals surface area contributed by atoms with Crippen molar-refractivity contribution < 1.29 is 12.8 Å². The first-order valence-corrected chi connectivity index (χ1v) is 10.6. The number of likely N-dealkylation sites (N-methyl/N-ethyl adjacent to an activating group) is 1. The van der Waals surface area contributed by atoms with Gasteiger partial charge in [-0.25, -0.2) is 17.5 Å². The van der Waals surface area contributed by atoms with Crippen molar-refractivity contribution in [1.29, 1.82) is 0 Å². The predicted molar refractivity (Wildman–Crippen MR) is 105 cm³/mol. The van der Waals surface area contributed by atoms with Gasteiger partial charge < -0.3 is 4.90 Å². The Balaban J connectivity index is 1.78. The van der Waals surface area contributed by atoms with Crippen LogP contribution in [-0.4, -0.2) is 58.0 Å². The van der Waals surface area contributed by atoms with Gasteiger partial charge in [-0.05, 0) is 43.8 Å². The minimum atomic E-state index is -3.60. The minimum absolute atomic E-state index is 0.139. The van der Waals surface area contributed by atoms with Crippen molar-refractivity contribution in [3.8, 4) is 0 Å². The molecule has 1 fully saturated rings. The molecule has 0 saturated carbocycles. The van der Waals surface area contributed by atoms with E-state index in [1.807, 2.05) is 6.92 Å². The van der Waals surface area contributed by atoms with Crippen molar-refractivity contribution in [2.45, 2.75) is 17.9 Å². The highest BCUT2D eigenvalue weighted by Gasteiger charge is 2.26. The molecule has 2 aromatic carbocycles. The molecule has 0 aromatic heterocycles. The molecule has 0 radical (unpaired) electrons. The lowest BCUT2D eigenvalue weighted by atomic mass is 10.0. The van der Waals surface area contributed by atoms with Gasteiger partial charge in [0.1, 0.15) is 5.82 Å². The highest BCUT2D eigenvalue weighted by molar-refractivity contribution is 7.89. The molecule has 1 aliphatic rings. The van der Waals surface area contributed by atoms with Crippen LogP contribution >= 0.6 is 0 Å². The molecular formula is C20H26FN3O2S. The second kappa shape index (κ2) is 8.48. The lowest BCUT2D eigenvalue weighted by Crippen LogP contribution is -2.48. The lowest BCUT2D eigenvalue weighted by molar-refractivity contribution is 0.113. The summed E-state index contributed by atoms with van der Waals surface area (Å²) in [5.74, 6) is -0.295. The van der Waals surface area contributed by atoms with Crippen molar-refractivity contribution in [2.24, 2.45) is 0 Å². The largest absolute Gasteiger partial charge is 0.304 e. The molecule has 1 N–H and O–H groups in total. The number of hydrogen-bond acceptors (Lipinski definition) is 4. The monoisotopic (exact) mass is 391 g/mol. The third kappa shape index (κ3) is 5.13. The van der Waals surface area contributed by atoms with Crippen molar-refractivity contribution in [3.05, 3.63) is 65.5 Å². The van der Waals surface area contributed by atoms with Crippen LogP contribution in [0.3, 0.4) is 0 Å². The summed E-state index contributed by atoms with van der Waals surface area (Å²) in [7, 11) is -1.53. The molecule has 0 unspecified atom stereocenters. The lowest BCUT2D eigenvalue weighted by Gasteiger charge is -2.38. The number of piperazine rings is 1. The van der Waals surface area contributed by atoms with Crippen LogP contribution < -0.4 is 4.72 Å². The Kier molecular flexibility index (Phi) is 6.26. The summed E-state index contributed by atoms with van der Waals surface area (Å²) in [6.45, 7) is 5.67. The number of sulfonamides is 1. The summed E-state index contributed by atoms with van der Waals surface area (Å²) in [6.07, 6.45) is 0. The Labute approximate surface area is 160 Å². The number of hydrogen-bond donors (Lipinski definition) is 1. The number of nitrogens with one attached hydrogen (secondary N) is 1. The molecular weight excluding hydrogens is 365 g/mol. The van der Waals surface area contributed by atoms with Gasteiger partial charge in [0.15, 0.2) is 0 Å². The van der Waals surface area contributed by atoms with Crippen molar-refractivity contribution in [1.82, 2.24) is 14.5 Å². The SMILES string of the molecule is Cc1ccc(S(=O)(=O)NC[C@@H](c2ccc(F)cc2)N2CCN(C)CC2)cc1. The highest BCUT2D eigenvalue weighted by Crippen LogP contribution is 2.23. The summed E-state index contributed by atoms with van der Waals surface area (Å²) >= 11 is 0. The van der Waals surface area contributed by atoms with E-state index in [0.29, 0.717) is 0 Å².